The molecule has 1 aliphatic carbocycles. The number of carbonyl (C=O) groups excluding carboxylic acids is 2. The minimum Gasteiger partial charge on any atom is -0.474 e. The van der Waals surface area contributed by atoms with Gasteiger partial charge in [0, 0.05) is 43.1 Å². The van der Waals surface area contributed by atoms with Crippen molar-refractivity contribution in [2.45, 2.75) is 70.2 Å². The van der Waals surface area contributed by atoms with Crippen LogP contribution >= 0.6 is 0 Å². The molecule has 2 bridgehead atoms. The normalized spacial score (nSPS) is 28.0. The van der Waals surface area contributed by atoms with E-state index < -0.39 is 5.60 Å². The van der Waals surface area contributed by atoms with Gasteiger partial charge >= 0.3 is 12.1 Å². The Morgan fingerprint density at radius 3 is 2.40 bits per heavy atom. The quantitative estimate of drug-likeness (QED) is 0.697. The van der Waals surface area contributed by atoms with Gasteiger partial charge < -0.3 is 24.0 Å². The maximum absolute atomic E-state index is 12.5. The van der Waals surface area contributed by atoms with Crippen LogP contribution in [0.15, 0.2) is 18.3 Å². The van der Waals surface area contributed by atoms with E-state index in [9.17, 15) is 9.59 Å². The van der Waals surface area contributed by atoms with Crippen molar-refractivity contribution in [3.05, 3.63) is 18.3 Å². The number of piperazine rings is 1. The zero-order valence-corrected chi connectivity index (χ0v) is 18.2. The maximum Gasteiger partial charge on any atom is 0.410 e. The van der Waals surface area contributed by atoms with E-state index in [4.69, 9.17) is 14.2 Å². The smallest absolute Gasteiger partial charge is 0.410 e. The first-order valence-electron chi connectivity index (χ1n) is 10.7. The molecule has 8 nitrogen and oxygen atoms in total. The largest absolute Gasteiger partial charge is 0.474 e. The number of anilines is 1. The molecule has 3 heterocycles. The molecular formula is C22H31N3O5. The summed E-state index contributed by atoms with van der Waals surface area (Å²) in [5, 5.41) is 0. The van der Waals surface area contributed by atoms with Crippen molar-refractivity contribution in [1.82, 2.24) is 9.88 Å². The van der Waals surface area contributed by atoms with Crippen LogP contribution in [0.5, 0.6) is 5.88 Å². The monoisotopic (exact) mass is 417 g/mol. The Morgan fingerprint density at radius 1 is 1.13 bits per heavy atom. The van der Waals surface area contributed by atoms with E-state index in [1.165, 1.54) is 7.11 Å². The number of pyridine rings is 1. The predicted octanol–water partition coefficient (Wildman–Crippen LogP) is 3.00. The molecule has 8 heteroatoms. The van der Waals surface area contributed by atoms with Crippen molar-refractivity contribution >= 4 is 17.7 Å². The Labute approximate surface area is 177 Å². The molecule has 2 unspecified atom stereocenters. The number of esters is 1. The fourth-order valence-corrected chi connectivity index (χ4v) is 4.62. The van der Waals surface area contributed by atoms with E-state index in [0.717, 1.165) is 18.5 Å². The van der Waals surface area contributed by atoms with Crippen LogP contribution in [0.3, 0.4) is 0 Å². The van der Waals surface area contributed by atoms with Gasteiger partial charge in [0.25, 0.3) is 0 Å². The van der Waals surface area contributed by atoms with Crippen LogP contribution in [0.2, 0.25) is 0 Å². The van der Waals surface area contributed by atoms with Crippen LogP contribution in [-0.2, 0) is 14.3 Å². The van der Waals surface area contributed by atoms with Gasteiger partial charge in [0.15, 0.2) is 0 Å². The highest BCUT2D eigenvalue weighted by atomic mass is 16.6. The summed E-state index contributed by atoms with van der Waals surface area (Å²) in [6.07, 6.45) is 4.95. The second-order valence-corrected chi connectivity index (χ2v) is 9.46. The Hall–Kier alpha value is -2.51. The average Bonchev–Trinajstić information content (AvgIpc) is 2.92. The van der Waals surface area contributed by atoms with E-state index in [0.29, 0.717) is 31.8 Å². The number of fused-ring (bicyclic) bond motifs is 2. The van der Waals surface area contributed by atoms with Gasteiger partial charge in [-0.2, -0.15) is 0 Å². The number of methoxy groups -OCH3 is 1. The van der Waals surface area contributed by atoms with Gasteiger partial charge in [0.05, 0.1) is 13.0 Å². The molecule has 1 amide bonds. The molecule has 4 rings (SSSR count). The zero-order valence-electron chi connectivity index (χ0n) is 18.2. The fraction of sp³-hybridized carbons (Fsp3) is 0.682. The van der Waals surface area contributed by atoms with Gasteiger partial charge in [-0.05, 0) is 52.5 Å². The summed E-state index contributed by atoms with van der Waals surface area (Å²) in [6, 6.07) is 4.50. The molecule has 30 heavy (non-hydrogen) atoms. The third-order valence-corrected chi connectivity index (χ3v) is 6.07. The van der Waals surface area contributed by atoms with E-state index in [2.05, 4.69) is 9.88 Å². The number of likely N-dealkylation sites (tertiary alicyclic amines) is 1. The molecule has 2 aliphatic heterocycles. The molecule has 1 aromatic rings. The van der Waals surface area contributed by atoms with Gasteiger partial charge in [0.1, 0.15) is 11.7 Å². The van der Waals surface area contributed by atoms with E-state index >= 15 is 0 Å². The molecule has 164 valence electrons. The number of amides is 1. The Morgan fingerprint density at radius 2 is 1.80 bits per heavy atom. The maximum atomic E-state index is 12.5. The molecule has 2 atom stereocenters. The summed E-state index contributed by atoms with van der Waals surface area (Å²) < 4.78 is 16.3. The number of nitrogens with zero attached hydrogens (tertiary/aromatic N) is 3. The number of aromatic nitrogens is 1. The SMILES string of the molecule is COC(=O)C1CC(Oc2cc(N3C4CCC3CN(C(=O)OC(C)(C)C)C4)ccn2)C1. The fourth-order valence-electron chi connectivity index (χ4n) is 4.62. The lowest BCUT2D eigenvalue weighted by atomic mass is 9.82. The third kappa shape index (κ3) is 4.32. The summed E-state index contributed by atoms with van der Waals surface area (Å²) in [5.74, 6) is 0.339. The summed E-state index contributed by atoms with van der Waals surface area (Å²) in [4.78, 5) is 32.6. The van der Waals surface area contributed by atoms with Crippen LogP contribution in [0.4, 0.5) is 10.5 Å². The molecular weight excluding hydrogens is 386 g/mol. The topological polar surface area (TPSA) is 81.2 Å². The molecule has 1 aromatic heterocycles. The highest BCUT2D eigenvalue weighted by molar-refractivity contribution is 5.73. The minimum absolute atomic E-state index is 0.00223. The lowest BCUT2D eigenvalue weighted by Crippen LogP contribution is -2.56. The number of rotatable bonds is 4. The molecule has 0 N–H and O–H groups in total. The van der Waals surface area contributed by atoms with Crippen molar-refractivity contribution < 1.29 is 23.8 Å². The first-order chi connectivity index (χ1) is 14.2. The Kier molecular flexibility index (Phi) is 5.51. The first kappa shape index (κ1) is 20.8. The summed E-state index contributed by atoms with van der Waals surface area (Å²) >= 11 is 0. The zero-order chi connectivity index (χ0) is 21.5. The van der Waals surface area contributed by atoms with Crippen molar-refractivity contribution in [3.63, 3.8) is 0 Å². The molecule has 1 saturated carbocycles. The minimum atomic E-state index is -0.487. The van der Waals surface area contributed by atoms with Gasteiger partial charge in [-0.15, -0.1) is 0 Å². The second-order valence-electron chi connectivity index (χ2n) is 9.46. The van der Waals surface area contributed by atoms with Gasteiger partial charge in [0.2, 0.25) is 5.88 Å². The van der Waals surface area contributed by atoms with E-state index in [1.807, 2.05) is 37.8 Å². The Bertz CT molecular complexity index is 788. The van der Waals surface area contributed by atoms with Crippen LogP contribution < -0.4 is 9.64 Å². The van der Waals surface area contributed by atoms with Crippen LogP contribution in [0.1, 0.15) is 46.5 Å². The molecule has 3 aliphatic rings. The Balaban J connectivity index is 1.38. The van der Waals surface area contributed by atoms with Crippen molar-refractivity contribution in [2.75, 3.05) is 25.1 Å². The van der Waals surface area contributed by atoms with Gasteiger partial charge in [-0.3, -0.25) is 4.79 Å². The second kappa shape index (κ2) is 7.96. The summed E-state index contributed by atoms with van der Waals surface area (Å²) in [7, 11) is 1.42. The number of ether oxygens (including phenoxy) is 3. The van der Waals surface area contributed by atoms with Gasteiger partial charge in [-0.25, -0.2) is 9.78 Å². The molecule has 0 aromatic carbocycles. The average molecular weight is 418 g/mol. The van der Waals surface area contributed by atoms with Gasteiger partial charge in [-0.1, -0.05) is 0 Å². The standard InChI is InChI=1S/C22H31N3O5/c1-22(2,3)30-21(27)24-12-16-5-6-17(13-24)25(16)15-7-8-23-19(11-15)29-18-9-14(10-18)20(26)28-4/h7-8,11,14,16-18H,5-6,9-10,12-13H2,1-4H3. The summed E-state index contributed by atoms with van der Waals surface area (Å²) in [5.41, 5.74) is 0.583. The lowest BCUT2D eigenvalue weighted by Gasteiger charge is -2.42. The lowest BCUT2D eigenvalue weighted by molar-refractivity contribution is -0.151. The van der Waals surface area contributed by atoms with E-state index in [-0.39, 0.29) is 36.2 Å². The number of hydrogen-bond donors (Lipinski definition) is 0. The van der Waals surface area contributed by atoms with Crippen molar-refractivity contribution in [1.29, 1.82) is 0 Å². The highest BCUT2D eigenvalue weighted by Gasteiger charge is 2.43. The van der Waals surface area contributed by atoms with E-state index in [1.54, 1.807) is 6.20 Å². The molecule has 3 fully saturated rings. The molecule has 0 radical (unpaired) electrons. The van der Waals surface area contributed by atoms with Crippen molar-refractivity contribution in [2.24, 2.45) is 5.92 Å². The predicted molar refractivity (Wildman–Crippen MR) is 110 cm³/mol. The first-order valence-corrected chi connectivity index (χ1v) is 10.7. The highest BCUT2D eigenvalue weighted by Crippen LogP contribution is 2.37. The van der Waals surface area contributed by atoms with Crippen LogP contribution in [-0.4, -0.2) is 65.9 Å². The molecule has 0 spiro atoms. The summed E-state index contributed by atoms with van der Waals surface area (Å²) in [6.45, 7) is 7.00. The van der Waals surface area contributed by atoms with Crippen LogP contribution in [0.25, 0.3) is 0 Å². The number of hydrogen-bond acceptors (Lipinski definition) is 7. The number of carbonyl (C=O) groups is 2. The van der Waals surface area contributed by atoms with Crippen LogP contribution in [0, 0.1) is 5.92 Å². The third-order valence-electron chi connectivity index (χ3n) is 6.07. The molecule has 2 saturated heterocycles. The van der Waals surface area contributed by atoms with Crippen molar-refractivity contribution in [3.8, 4) is 5.88 Å².